The molecule has 1 aliphatic rings. The zero-order chi connectivity index (χ0) is 19.2. The van der Waals surface area contributed by atoms with Gasteiger partial charge in [-0.05, 0) is 61.4 Å². The van der Waals surface area contributed by atoms with Crippen LogP contribution in [0, 0.1) is 5.92 Å². The van der Waals surface area contributed by atoms with Crippen LogP contribution in [-0.4, -0.2) is 24.2 Å². The summed E-state index contributed by atoms with van der Waals surface area (Å²) in [5, 5.41) is 14.7. The molecule has 0 saturated heterocycles. The molecule has 2 aromatic carbocycles. The summed E-state index contributed by atoms with van der Waals surface area (Å²) in [6, 6.07) is 14.6. The third-order valence-electron chi connectivity index (χ3n) is 5.07. The Kier molecular flexibility index (Phi) is 5.96. The number of ether oxygens (including phenoxy) is 1. The van der Waals surface area contributed by atoms with E-state index >= 15 is 0 Å². The lowest BCUT2D eigenvalue weighted by Crippen LogP contribution is -2.21. The number of para-hydroxylation sites is 2. The maximum Gasteiger partial charge on any atom is 0.323 e. The standard InChI is InChI=1S/C21H24N2O4/c1-27-19-5-3-2-4-18(19)23-21(26)22-17-12-10-15(11-13-17)14-6-8-16(9-7-14)20(24)25/h2-5,10-14,16H,6-9H2,1H3,(H,24,25)(H2,22,23,26)/t14-,16-. The molecule has 1 aliphatic carbocycles. The Morgan fingerprint density at radius 3 is 2.26 bits per heavy atom. The van der Waals surface area contributed by atoms with E-state index in [2.05, 4.69) is 10.6 Å². The van der Waals surface area contributed by atoms with Gasteiger partial charge < -0.3 is 20.5 Å². The summed E-state index contributed by atoms with van der Waals surface area (Å²) in [6.07, 6.45) is 3.22. The van der Waals surface area contributed by atoms with Crippen LogP contribution < -0.4 is 15.4 Å². The van der Waals surface area contributed by atoms with Gasteiger partial charge in [0.15, 0.2) is 0 Å². The number of methoxy groups -OCH3 is 1. The normalized spacial score (nSPS) is 19.1. The maximum absolute atomic E-state index is 12.2. The number of carbonyl (C=O) groups is 2. The monoisotopic (exact) mass is 368 g/mol. The van der Waals surface area contributed by atoms with Crippen molar-refractivity contribution >= 4 is 23.4 Å². The van der Waals surface area contributed by atoms with Crippen molar-refractivity contribution in [2.45, 2.75) is 31.6 Å². The molecular formula is C21H24N2O4. The molecule has 142 valence electrons. The van der Waals surface area contributed by atoms with Crippen molar-refractivity contribution in [2.24, 2.45) is 5.92 Å². The van der Waals surface area contributed by atoms with Gasteiger partial charge in [0.2, 0.25) is 0 Å². The molecule has 2 aromatic rings. The van der Waals surface area contributed by atoms with Crippen LogP contribution in [0.25, 0.3) is 0 Å². The van der Waals surface area contributed by atoms with Crippen LogP contribution in [0.5, 0.6) is 5.75 Å². The van der Waals surface area contributed by atoms with Gasteiger partial charge in [-0.2, -0.15) is 0 Å². The van der Waals surface area contributed by atoms with Crippen molar-refractivity contribution in [3.63, 3.8) is 0 Å². The van der Waals surface area contributed by atoms with E-state index in [1.54, 1.807) is 19.2 Å². The summed E-state index contributed by atoms with van der Waals surface area (Å²) in [5.74, 6) is 0.0898. The molecule has 3 N–H and O–H groups in total. The summed E-state index contributed by atoms with van der Waals surface area (Å²) in [7, 11) is 1.56. The highest BCUT2D eigenvalue weighted by Gasteiger charge is 2.26. The lowest BCUT2D eigenvalue weighted by Gasteiger charge is -2.26. The van der Waals surface area contributed by atoms with Gasteiger partial charge >= 0.3 is 12.0 Å². The van der Waals surface area contributed by atoms with Gasteiger partial charge in [-0.15, -0.1) is 0 Å². The van der Waals surface area contributed by atoms with Crippen molar-refractivity contribution in [1.29, 1.82) is 0 Å². The SMILES string of the molecule is COc1ccccc1NC(=O)Nc1ccc([C@H]2CC[C@H](C(=O)O)CC2)cc1. The Labute approximate surface area is 158 Å². The van der Waals surface area contributed by atoms with Crippen molar-refractivity contribution in [1.82, 2.24) is 0 Å². The molecule has 0 aromatic heterocycles. The van der Waals surface area contributed by atoms with E-state index < -0.39 is 5.97 Å². The lowest BCUT2D eigenvalue weighted by molar-refractivity contribution is -0.142. The highest BCUT2D eigenvalue weighted by atomic mass is 16.5. The highest BCUT2D eigenvalue weighted by molar-refractivity contribution is 6.00. The number of rotatable bonds is 5. The van der Waals surface area contributed by atoms with Gasteiger partial charge in [0.05, 0.1) is 18.7 Å². The van der Waals surface area contributed by atoms with Gasteiger partial charge in [0.1, 0.15) is 5.75 Å². The minimum atomic E-state index is -0.686. The molecule has 6 nitrogen and oxygen atoms in total. The summed E-state index contributed by atoms with van der Waals surface area (Å²) < 4.78 is 5.22. The topological polar surface area (TPSA) is 87.7 Å². The second kappa shape index (κ2) is 8.58. The van der Waals surface area contributed by atoms with Crippen molar-refractivity contribution in [2.75, 3.05) is 17.7 Å². The molecule has 1 saturated carbocycles. The molecule has 27 heavy (non-hydrogen) atoms. The number of benzene rings is 2. The lowest BCUT2D eigenvalue weighted by atomic mass is 9.79. The maximum atomic E-state index is 12.2. The first-order valence-corrected chi connectivity index (χ1v) is 9.10. The van der Waals surface area contributed by atoms with Crippen LogP contribution in [0.15, 0.2) is 48.5 Å². The average molecular weight is 368 g/mol. The van der Waals surface area contributed by atoms with Gasteiger partial charge in [0.25, 0.3) is 0 Å². The first kappa shape index (κ1) is 18.8. The fraction of sp³-hybridized carbons (Fsp3) is 0.333. The quantitative estimate of drug-likeness (QED) is 0.714. The number of amides is 2. The van der Waals surface area contributed by atoms with Crippen molar-refractivity contribution in [3.05, 3.63) is 54.1 Å². The van der Waals surface area contributed by atoms with Crippen molar-refractivity contribution < 1.29 is 19.4 Å². The summed E-state index contributed by atoms with van der Waals surface area (Å²) in [5.41, 5.74) is 2.49. The summed E-state index contributed by atoms with van der Waals surface area (Å²) in [4.78, 5) is 23.3. The van der Waals surface area contributed by atoms with E-state index in [0.717, 1.165) is 25.7 Å². The van der Waals surface area contributed by atoms with Crippen LogP contribution >= 0.6 is 0 Å². The number of nitrogens with one attached hydrogen (secondary N) is 2. The number of anilines is 2. The third-order valence-corrected chi connectivity index (χ3v) is 5.07. The Morgan fingerprint density at radius 1 is 0.963 bits per heavy atom. The molecule has 0 atom stereocenters. The number of hydrogen-bond acceptors (Lipinski definition) is 3. The minimum Gasteiger partial charge on any atom is -0.495 e. The molecule has 0 spiro atoms. The Bertz CT molecular complexity index is 796. The number of carbonyl (C=O) groups excluding carboxylic acids is 1. The fourth-order valence-corrected chi connectivity index (χ4v) is 3.54. The molecule has 0 aliphatic heterocycles. The minimum absolute atomic E-state index is 0.208. The molecule has 3 rings (SSSR count). The highest BCUT2D eigenvalue weighted by Crippen LogP contribution is 2.36. The second-order valence-electron chi connectivity index (χ2n) is 6.79. The Hall–Kier alpha value is -3.02. The predicted octanol–water partition coefficient (Wildman–Crippen LogP) is 4.70. The molecule has 0 bridgehead atoms. The van der Waals surface area contributed by atoms with Crippen LogP contribution in [0.4, 0.5) is 16.2 Å². The largest absolute Gasteiger partial charge is 0.495 e. The number of carboxylic acid groups (broad SMARTS) is 1. The van der Waals surface area contributed by atoms with Gasteiger partial charge in [-0.3, -0.25) is 4.79 Å². The van der Waals surface area contributed by atoms with E-state index in [1.807, 2.05) is 36.4 Å². The van der Waals surface area contributed by atoms with Crippen LogP contribution in [0.2, 0.25) is 0 Å². The average Bonchev–Trinajstić information content (AvgIpc) is 2.69. The molecule has 6 heteroatoms. The number of urea groups is 1. The molecule has 0 radical (unpaired) electrons. The molecule has 0 unspecified atom stereocenters. The van der Waals surface area contributed by atoms with E-state index in [1.165, 1.54) is 5.56 Å². The zero-order valence-electron chi connectivity index (χ0n) is 15.3. The smallest absolute Gasteiger partial charge is 0.323 e. The van der Waals surface area contributed by atoms with Crippen molar-refractivity contribution in [3.8, 4) is 5.75 Å². The van der Waals surface area contributed by atoms with Gasteiger partial charge in [-0.1, -0.05) is 24.3 Å². The second-order valence-corrected chi connectivity index (χ2v) is 6.79. The van der Waals surface area contributed by atoms with E-state index in [9.17, 15) is 9.59 Å². The number of carboxylic acids is 1. The van der Waals surface area contributed by atoms with Crippen LogP contribution in [0.1, 0.15) is 37.2 Å². The fourth-order valence-electron chi connectivity index (χ4n) is 3.54. The van der Waals surface area contributed by atoms with Gasteiger partial charge in [0, 0.05) is 5.69 Å². The first-order valence-electron chi connectivity index (χ1n) is 9.10. The van der Waals surface area contributed by atoms with E-state index in [4.69, 9.17) is 9.84 Å². The zero-order valence-corrected chi connectivity index (χ0v) is 15.3. The summed E-state index contributed by atoms with van der Waals surface area (Å²) >= 11 is 0. The first-order chi connectivity index (χ1) is 13.1. The third kappa shape index (κ3) is 4.78. The molecular weight excluding hydrogens is 344 g/mol. The summed E-state index contributed by atoms with van der Waals surface area (Å²) in [6.45, 7) is 0. The van der Waals surface area contributed by atoms with Gasteiger partial charge in [-0.25, -0.2) is 4.79 Å². The predicted molar refractivity (Wildman–Crippen MR) is 104 cm³/mol. The molecule has 1 fully saturated rings. The number of aliphatic carboxylic acids is 1. The van der Waals surface area contributed by atoms with Crippen LogP contribution in [0.3, 0.4) is 0 Å². The van der Waals surface area contributed by atoms with E-state index in [0.29, 0.717) is 23.0 Å². The molecule has 2 amide bonds. The number of hydrogen-bond donors (Lipinski definition) is 3. The van der Waals surface area contributed by atoms with E-state index in [-0.39, 0.29) is 11.9 Å². The Morgan fingerprint density at radius 2 is 1.63 bits per heavy atom. The van der Waals surface area contributed by atoms with Crippen LogP contribution in [-0.2, 0) is 4.79 Å². The Balaban J connectivity index is 1.56. The molecule has 0 heterocycles.